The second-order valence-electron chi connectivity index (χ2n) is 5.92. The molecule has 0 aliphatic carbocycles. The average molecular weight is 402 g/mol. The van der Waals surface area contributed by atoms with E-state index in [-0.39, 0.29) is 11.4 Å². The van der Waals surface area contributed by atoms with E-state index in [9.17, 15) is 18.4 Å². The molecule has 0 aliphatic rings. The number of ether oxygens (including phenoxy) is 1. The lowest BCUT2D eigenvalue weighted by Gasteiger charge is -2.08. The number of para-hydroxylation sites is 1. The Morgan fingerprint density at radius 2 is 1.93 bits per heavy atom. The summed E-state index contributed by atoms with van der Waals surface area (Å²) in [5.74, 6) is -3.01. The smallest absolute Gasteiger partial charge is 0.316 e. The fourth-order valence-electron chi connectivity index (χ4n) is 2.49. The molecular formula is C20H16F2N2O3S. The first kappa shape index (κ1) is 19.8. The Labute approximate surface area is 164 Å². The van der Waals surface area contributed by atoms with Crippen LogP contribution in [0.5, 0.6) is 0 Å². The van der Waals surface area contributed by atoms with Gasteiger partial charge in [-0.3, -0.25) is 9.59 Å². The molecule has 0 atom stereocenters. The topological polar surface area (TPSA) is 68.3 Å². The summed E-state index contributed by atoms with van der Waals surface area (Å²) in [5.41, 5.74) is 1.69. The highest BCUT2D eigenvalue weighted by molar-refractivity contribution is 7.99. The number of hydrogen-bond donors (Lipinski definition) is 1. The first-order valence-electron chi connectivity index (χ1n) is 8.32. The van der Waals surface area contributed by atoms with Gasteiger partial charge in [-0.1, -0.05) is 30.0 Å². The van der Waals surface area contributed by atoms with Crippen LogP contribution in [-0.4, -0.2) is 29.2 Å². The third kappa shape index (κ3) is 5.04. The van der Waals surface area contributed by atoms with Crippen molar-refractivity contribution < 1.29 is 23.1 Å². The van der Waals surface area contributed by atoms with Crippen LogP contribution in [0.3, 0.4) is 0 Å². The van der Waals surface area contributed by atoms with Gasteiger partial charge in [0.15, 0.2) is 6.61 Å². The van der Waals surface area contributed by atoms with Crippen molar-refractivity contribution in [2.75, 3.05) is 17.7 Å². The van der Waals surface area contributed by atoms with Crippen LogP contribution in [0.1, 0.15) is 5.56 Å². The van der Waals surface area contributed by atoms with E-state index in [4.69, 9.17) is 4.74 Å². The average Bonchev–Trinajstić information content (AvgIpc) is 2.67. The number of amides is 1. The molecule has 1 N–H and O–H groups in total. The zero-order valence-electron chi connectivity index (χ0n) is 14.9. The number of rotatable bonds is 6. The first-order chi connectivity index (χ1) is 13.4. The van der Waals surface area contributed by atoms with E-state index in [1.807, 2.05) is 37.3 Å². The minimum absolute atomic E-state index is 0.0248. The van der Waals surface area contributed by atoms with E-state index < -0.39 is 30.1 Å². The van der Waals surface area contributed by atoms with Gasteiger partial charge in [0.1, 0.15) is 11.6 Å². The first-order valence-corrected chi connectivity index (χ1v) is 9.30. The second-order valence-corrected chi connectivity index (χ2v) is 6.91. The van der Waals surface area contributed by atoms with Gasteiger partial charge in [0, 0.05) is 11.5 Å². The number of esters is 1. The molecule has 28 heavy (non-hydrogen) atoms. The molecular weight excluding hydrogens is 386 g/mol. The number of anilines is 1. The van der Waals surface area contributed by atoms with Crippen LogP contribution in [0.15, 0.2) is 53.6 Å². The number of hydrogen-bond acceptors (Lipinski definition) is 5. The lowest BCUT2D eigenvalue weighted by atomic mass is 10.1. The number of fused-ring (bicyclic) bond motifs is 1. The number of pyridine rings is 1. The Balaban J connectivity index is 1.50. The molecule has 5 nitrogen and oxygen atoms in total. The summed E-state index contributed by atoms with van der Waals surface area (Å²) in [6.07, 6.45) is 0. The molecule has 1 heterocycles. The van der Waals surface area contributed by atoms with Gasteiger partial charge >= 0.3 is 5.97 Å². The predicted molar refractivity (Wildman–Crippen MR) is 103 cm³/mol. The summed E-state index contributed by atoms with van der Waals surface area (Å²) >= 11 is 1.20. The fraction of sp³-hybridized carbons (Fsp3) is 0.150. The monoisotopic (exact) mass is 402 g/mol. The second kappa shape index (κ2) is 8.79. The zero-order chi connectivity index (χ0) is 20.1. The van der Waals surface area contributed by atoms with Gasteiger partial charge in [0.2, 0.25) is 0 Å². The molecule has 0 unspecified atom stereocenters. The normalized spacial score (nSPS) is 10.7. The summed E-state index contributed by atoms with van der Waals surface area (Å²) in [7, 11) is 0. The fourth-order valence-corrected chi connectivity index (χ4v) is 3.26. The number of thioether (sulfide) groups is 1. The Hall–Kier alpha value is -3.00. The van der Waals surface area contributed by atoms with Gasteiger partial charge < -0.3 is 10.1 Å². The highest BCUT2D eigenvalue weighted by Gasteiger charge is 2.12. The van der Waals surface area contributed by atoms with Crippen molar-refractivity contribution in [3.05, 3.63) is 65.7 Å². The largest absolute Gasteiger partial charge is 0.455 e. The highest BCUT2D eigenvalue weighted by atomic mass is 32.2. The summed E-state index contributed by atoms with van der Waals surface area (Å²) in [4.78, 5) is 28.1. The maximum absolute atomic E-state index is 13.5. The zero-order valence-corrected chi connectivity index (χ0v) is 15.7. The van der Waals surface area contributed by atoms with Crippen LogP contribution in [0.4, 0.5) is 14.5 Å². The summed E-state index contributed by atoms with van der Waals surface area (Å²) in [6, 6.07) is 12.3. The Bertz CT molecular complexity index is 1040. The number of aryl methyl sites for hydroxylation is 1. The number of nitrogens with one attached hydrogen (secondary N) is 1. The number of halogens is 2. The van der Waals surface area contributed by atoms with E-state index in [1.165, 1.54) is 11.8 Å². The molecule has 2 aromatic carbocycles. The molecule has 0 radical (unpaired) electrons. The minimum Gasteiger partial charge on any atom is -0.455 e. The molecule has 0 spiro atoms. The molecule has 0 fully saturated rings. The van der Waals surface area contributed by atoms with Crippen molar-refractivity contribution in [2.45, 2.75) is 11.9 Å². The predicted octanol–water partition coefficient (Wildman–Crippen LogP) is 4.10. The van der Waals surface area contributed by atoms with Crippen molar-refractivity contribution >= 4 is 40.2 Å². The lowest BCUT2D eigenvalue weighted by molar-refractivity contribution is -0.144. The Morgan fingerprint density at radius 1 is 1.14 bits per heavy atom. The van der Waals surface area contributed by atoms with Gasteiger partial charge in [0.05, 0.1) is 22.0 Å². The third-order valence-electron chi connectivity index (χ3n) is 3.81. The van der Waals surface area contributed by atoms with Crippen LogP contribution >= 0.6 is 11.8 Å². The molecule has 0 aliphatic heterocycles. The van der Waals surface area contributed by atoms with Gasteiger partial charge in [0.25, 0.3) is 5.91 Å². The number of benzene rings is 2. The van der Waals surface area contributed by atoms with Gasteiger partial charge in [-0.15, -0.1) is 0 Å². The molecule has 0 saturated heterocycles. The van der Waals surface area contributed by atoms with Crippen LogP contribution in [0.2, 0.25) is 0 Å². The maximum Gasteiger partial charge on any atom is 0.316 e. The lowest BCUT2D eigenvalue weighted by Crippen LogP contribution is -2.22. The Kier molecular flexibility index (Phi) is 6.20. The molecule has 1 amide bonds. The third-order valence-corrected chi connectivity index (χ3v) is 4.69. The van der Waals surface area contributed by atoms with Crippen LogP contribution in [-0.2, 0) is 14.3 Å². The Morgan fingerprint density at radius 3 is 2.71 bits per heavy atom. The molecule has 3 aromatic rings. The number of aromatic nitrogens is 1. The van der Waals surface area contributed by atoms with E-state index in [0.29, 0.717) is 11.1 Å². The quantitative estimate of drug-likeness (QED) is 0.497. The van der Waals surface area contributed by atoms with E-state index in [0.717, 1.165) is 28.6 Å². The van der Waals surface area contributed by atoms with Crippen molar-refractivity contribution in [1.29, 1.82) is 0 Å². The standard InChI is InChI=1S/C20H16F2N2O3S/c1-12-8-19(24-16-5-3-2-4-14(12)16)28-11-20(26)27-10-18(25)23-17-7-6-13(21)9-15(17)22/h2-9H,10-11H2,1H3,(H,23,25). The van der Waals surface area contributed by atoms with E-state index in [1.54, 1.807) is 0 Å². The van der Waals surface area contributed by atoms with Gasteiger partial charge in [-0.05, 0) is 36.8 Å². The van der Waals surface area contributed by atoms with Crippen molar-refractivity contribution in [3.63, 3.8) is 0 Å². The van der Waals surface area contributed by atoms with Gasteiger partial charge in [-0.2, -0.15) is 0 Å². The molecule has 3 rings (SSSR count). The number of nitrogens with zero attached hydrogens (tertiary/aromatic N) is 1. The van der Waals surface area contributed by atoms with E-state index >= 15 is 0 Å². The van der Waals surface area contributed by atoms with Crippen LogP contribution in [0.25, 0.3) is 10.9 Å². The number of carbonyl (C=O) groups excluding carboxylic acids is 2. The summed E-state index contributed by atoms with van der Waals surface area (Å²) < 4.78 is 31.2. The van der Waals surface area contributed by atoms with Gasteiger partial charge in [-0.25, -0.2) is 13.8 Å². The highest BCUT2D eigenvalue weighted by Crippen LogP contribution is 2.23. The molecule has 0 saturated carbocycles. The molecule has 8 heteroatoms. The van der Waals surface area contributed by atoms with Crippen molar-refractivity contribution in [2.24, 2.45) is 0 Å². The number of carbonyl (C=O) groups is 2. The molecule has 144 valence electrons. The van der Waals surface area contributed by atoms with Crippen LogP contribution < -0.4 is 5.32 Å². The molecule has 0 bridgehead atoms. The summed E-state index contributed by atoms with van der Waals surface area (Å²) in [5, 5.41) is 3.93. The molecule has 1 aromatic heterocycles. The van der Waals surface area contributed by atoms with Crippen molar-refractivity contribution in [3.8, 4) is 0 Å². The van der Waals surface area contributed by atoms with Crippen molar-refractivity contribution in [1.82, 2.24) is 4.98 Å². The SMILES string of the molecule is Cc1cc(SCC(=O)OCC(=O)Nc2ccc(F)cc2F)nc2ccccc12. The van der Waals surface area contributed by atoms with E-state index in [2.05, 4.69) is 10.3 Å². The van der Waals surface area contributed by atoms with Crippen LogP contribution in [0, 0.1) is 18.6 Å². The maximum atomic E-state index is 13.5. The summed E-state index contributed by atoms with van der Waals surface area (Å²) in [6.45, 7) is 1.39. The minimum atomic E-state index is -0.909.